The van der Waals surface area contributed by atoms with Gasteiger partial charge in [0.05, 0.1) is 16.8 Å². The molecule has 134 valence electrons. The van der Waals surface area contributed by atoms with Crippen LogP contribution in [0.25, 0.3) is 10.9 Å². The number of fused-ring (bicyclic) bond motifs is 1. The summed E-state index contributed by atoms with van der Waals surface area (Å²) in [6.45, 7) is 3.86. The zero-order valence-corrected chi connectivity index (χ0v) is 15.8. The van der Waals surface area contributed by atoms with E-state index < -0.39 is 5.97 Å². The molecule has 0 unspecified atom stereocenters. The van der Waals surface area contributed by atoms with Gasteiger partial charge in [0.2, 0.25) is 0 Å². The summed E-state index contributed by atoms with van der Waals surface area (Å²) < 4.78 is 5.27. The highest BCUT2D eigenvalue weighted by molar-refractivity contribution is 7.07. The monoisotopic (exact) mass is 368 g/mol. The number of aryl methyl sites for hydroxylation is 2. The predicted molar refractivity (Wildman–Crippen MR) is 102 cm³/mol. The molecular formula is C20H20N2O3S. The number of pyridine rings is 1. The van der Waals surface area contributed by atoms with Crippen molar-refractivity contribution >= 4 is 34.1 Å². The van der Waals surface area contributed by atoms with Gasteiger partial charge in [0.25, 0.3) is 5.91 Å². The van der Waals surface area contributed by atoms with Crippen molar-refractivity contribution in [2.75, 3.05) is 13.7 Å². The number of esters is 1. The summed E-state index contributed by atoms with van der Waals surface area (Å²) in [5.41, 5.74) is 3.74. The third-order valence-corrected chi connectivity index (χ3v) is 5.02. The number of thiophene rings is 1. The molecule has 1 aromatic carbocycles. The zero-order chi connectivity index (χ0) is 18.7. The van der Waals surface area contributed by atoms with Gasteiger partial charge in [-0.1, -0.05) is 18.2 Å². The lowest BCUT2D eigenvalue weighted by molar-refractivity contribution is -0.133. The van der Waals surface area contributed by atoms with Gasteiger partial charge >= 0.3 is 5.97 Å². The Labute approximate surface area is 156 Å². The van der Waals surface area contributed by atoms with Crippen molar-refractivity contribution in [3.8, 4) is 0 Å². The van der Waals surface area contributed by atoms with E-state index in [1.807, 2.05) is 48.0 Å². The van der Waals surface area contributed by atoms with E-state index in [0.29, 0.717) is 17.8 Å². The molecule has 3 rings (SSSR count). The van der Waals surface area contributed by atoms with Crippen molar-refractivity contribution < 1.29 is 14.3 Å². The van der Waals surface area contributed by atoms with Gasteiger partial charge in [-0.25, -0.2) is 4.79 Å². The Morgan fingerprint density at radius 2 is 1.96 bits per heavy atom. The van der Waals surface area contributed by atoms with E-state index >= 15 is 0 Å². The third kappa shape index (κ3) is 3.75. The molecule has 0 saturated heterocycles. The van der Waals surface area contributed by atoms with E-state index in [4.69, 9.17) is 4.74 Å². The molecule has 0 aliphatic heterocycles. The molecular weight excluding hydrogens is 348 g/mol. The van der Waals surface area contributed by atoms with Crippen molar-refractivity contribution in [2.45, 2.75) is 20.4 Å². The van der Waals surface area contributed by atoms with E-state index in [2.05, 4.69) is 4.98 Å². The summed E-state index contributed by atoms with van der Waals surface area (Å²) in [5.74, 6) is -0.760. The minimum Gasteiger partial charge on any atom is -0.452 e. The minimum absolute atomic E-state index is 0.242. The average Bonchev–Trinajstić information content (AvgIpc) is 3.12. The molecule has 0 saturated carbocycles. The van der Waals surface area contributed by atoms with Gasteiger partial charge in [-0.3, -0.25) is 9.78 Å². The fraction of sp³-hybridized carbons (Fsp3) is 0.250. The van der Waals surface area contributed by atoms with Crippen LogP contribution in [0.4, 0.5) is 0 Å². The maximum absolute atomic E-state index is 12.5. The van der Waals surface area contributed by atoms with Gasteiger partial charge in [-0.15, -0.1) is 0 Å². The average molecular weight is 368 g/mol. The lowest BCUT2D eigenvalue weighted by Crippen LogP contribution is -2.31. The van der Waals surface area contributed by atoms with Crippen LogP contribution in [-0.2, 0) is 16.1 Å². The number of aromatic nitrogens is 1. The fourth-order valence-electron chi connectivity index (χ4n) is 2.89. The smallest absolute Gasteiger partial charge is 0.340 e. The van der Waals surface area contributed by atoms with Gasteiger partial charge in [0.1, 0.15) is 0 Å². The lowest BCUT2D eigenvalue weighted by atomic mass is 10.0. The number of nitrogens with zero attached hydrogens (tertiary/aromatic N) is 2. The number of hydrogen-bond donors (Lipinski definition) is 0. The number of carbonyl (C=O) groups excluding carboxylic acids is 2. The SMILES string of the molecule is Cc1nc2ccccc2c(C)c1C(=O)OCC(=O)N(C)Cc1ccsc1. The number of rotatable bonds is 5. The Bertz CT molecular complexity index is 951. The number of likely N-dealkylation sites (N-methyl/N-ethyl adjacent to an activating group) is 1. The highest BCUT2D eigenvalue weighted by Gasteiger charge is 2.19. The summed E-state index contributed by atoms with van der Waals surface area (Å²) in [5, 5.41) is 4.86. The van der Waals surface area contributed by atoms with Crippen LogP contribution in [0.1, 0.15) is 27.2 Å². The Kier molecular flexibility index (Phi) is 5.32. The molecule has 0 spiro atoms. The summed E-state index contributed by atoms with van der Waals surface area (Å²) in [6.07, 6.45) is 0. The largest absolute Gasteiger partial charge is 0.452 e. The standard InChI is InChI=1S/C20H20N2O3S/c1-13-16-6-4-5-7-17(16)21-14(2)19(13)20(24)25-11-18(23)22(3)10-15-8-9-26-12-15/h4-9,12H,10-11H2,1-3H3. The molecule has 3 aromatic rings. The van der Waals surface area contributed by atoms with Crippen LogP contribution in [0.5, 0.6) is 0 Å². The van der Waals surface area contributed by atoms with E-state index in [9.17, 15) is 9.59 Å². The first kappa shape index (κ1) is 18.1. The van der Waals surface area contributed by atoms with Crippen LogP contribution < -0.4 is 0 Å². The summed E-state index contributed by atoms with van der Waals surface area (Å²) in [6, 6.07) is 9.62. The maximum Gasteiger partial charge on any atom is 0.340 e. The molecule has 6 heteroatoms. The Hall–Kier alpha value is -2.73. The number of benzene rings is 1. The molecule has 0 aliphatic carbocycles. The molecule has 0 fully saturated rings. The number of carbonyl (C=O) groups is 2. The Balaban J connectivity index is 1.70. The zero-order valence-electron chi connectivity index (χ0n) is 15.0. The first-order valence-electron chi connectivity index (χ1n) is 8.25. The lowest BCUT2D eigenvalue weighted by Gasteiger charge is -2.17. The van der Waals surface area contributed by atoms with E-state index in [1.165, 1.54) is 0 Å². The quantitative estimate of drug-likeness (QED) is 0.644. The van der Waals surface area contributed by atoms with Crippen LogP contribution in [0.15, 0.2) is 41.1 Å². The molecule has 0 bridgehead atoms. The van der Waals surface area contributed by atoms with Crippen LogP contribution in [0, 0.1) is 13.8 Å². The number of amides is 1. The first-order valence-corrected chi connectivity index (χ1v) is 9.19. The minimum atomic E-state index is -0.518. The predicted octanol–water partition coefficient (Wildman–Crippen LogP) is 3.73. The van der Waals surface area contributed by atoms with Crippen molar-refractivity contribution in [2.24, 2.45) is 0 Å². The van der Waals surface area contributed by atoms with Gasteiger partial charge in [-0.05, 0) is 47.9 Å². The second-order valence-corrected chi connectivity index (χ2v) is 6.95. The van der Waals surface area contributed by atoms with E-state index in [1.54, 1.807) is 30.2 Å². The maximum atomic E-state index is 12.5. The molecule has 2 aromatic heterocycles. The number of ether oxygens (including phenoxy) is 1. The number of para-hydroxylation sites is 1. The molecule has 1 amide bonds. The highest BCUT2D eigenvalue weighted by atomic mass is 32.1. The molecule has 0 N–H and O–H groups in total. The Morgan fingerprint density at radius 3 is 2.69 bits per heavy atom. The topological polar surface area (TPSA) is 59.5 Å². The summed E-state index contributed by atoms with van der Waals surface area (Å²) in [4.78, 5) is 30.8. The van der Waals surface area contributed by atoms with Crippen molar-refractivity contribution in [1.29, 1.82) is 0 Å². The number of hydrogen-bond acceptors (Lipinski definition) is 5. The summed E-state index contributed by atoms with van der Waals surface area (Å²) >= 11 is 1.58. The van der Waals surface area contributed by atoms with Gasteiger partial charge in [0.15, 0.2) is 6.61 Å². The third-order valence-electron chi connectivity index (χ3n) is 4.29. The van der Waals surface area contributed by atoms with Crippen molar-refractivity contribution in [3.05, 3.63) is 63.5 Å². The van der Waals surface area contributed by atoms with E-state index in [-0.39, 0.29) is 12.5 Å². The first-order chi connectivity index (χ1) is 12.5. The normalized spacial score (nSPS) is 10.7. The second kappa shape index (κ2) is 7.66. The second-order valence-electron chi connectivity index (χ2n) is 6.17. The van der Waals surface area contributed by atoms with Gasteiger partial charge in [0, 0.05) is 19.0 Å². The van der Waals surface area contributed by atoms with Crippen LogP contribution in [0.3, 0.4) is 0 Å². The van der Waals surface area contributed by atoms with Crippen molar-refractivity contribution in [3.63, 3.8) is 0 Å². The van der Waals surface area contributed by atoms with Crippen LogP contribution >= 0.6 is 11.3 Å². The molecule has 0 atom stereocenters. The Morgan fingerprint density at radius 1 is 1.19 bits per heavy atom. The van der Waals surface area contributed by atoms with E-state index in [0.717, 1.165) is 22.0 Å². The van der Waals surface area contributed by atoms with Gasteiger partial charge in [-0.2, -0.15) is 11.3 Å². The highest BCUT2D eigenvalue weighted by Crippen LogP contribution is 2.23. The molecule has 2 heterocycles. The van der Waals surface area contributed by atoms with Crippen LogP contribution in [0.2, 0.25) is 0 Å². The van der Waals surface area contributed by atoms with Gasteiger partial charge < -0.3 is 9.64 Å². The molecule has 0 radical (unpaired) electrons. The fourth-order valence-corrected chi connectivity index (χ4v) is 3.55. The molecule has 0 aliphatic rings. The van der Waals surface area contributed by atoms with Crippen molar-refractivity contribution in [1.82, 2.24) is 9.88 Å². The molecule has 26 heavy (non-hydrogen) atoms. The molecule has 5 nitrogen and oxygen atoms in total. The van der Waals surface area contributed by atoms with Crippen LogP contribution in [-0.4, -0.2) is 35.4 Å². The summed E-state index contributed by atoms with van der Waals surface area (Å²) in [7, 11) is 1.70.